The van der Waals surface area contributed by atoms with Gasteiger partial charge in [-0.1, -0.05) is 72.1 Å². The molecule has 0 amide bonds. The molecule has 150 valence electrons. The van der Waals surface area contributed by atoms with Gasteiger partial charge in [0, 0.05) is 6.42 Å². The molecule has 0 saturated carbocycles. The number of unbranched alkanes of at least 4 members (excludes halogenated alkanes) is 6. The molecule has 3 N–H and O–H groups in total. The molecular weight excluding hydrogens is 323 g/mol. The van der Waals surface area contributed by atoms with Crippen molar-refractivity contribution in [1.82, 2.24) is 0 Å². The van der Waals surface area contributed by atoms with Crippen LogP contribution in [0.4, 0.5) is 4.39 Å². The van der Waals surface area contributed by atoms with E-state index in [0.717, 1.165) is 44.9 Å². The zero-order valence-corrected chi connectivity index (χ0v) is 16.3. The third-order valence-electron chi connectivity index (χ3n) is 5.43. The molecule has 25 heavy (non-hydrogen) atoms. The van der Waals surface area contributed by atoms with Crippen LogP contribution in [-0.2, 0) is 4.74 Å². The van der Waals surface area contributed by atoms with E-state index in [9.17, 15) is 15.3 Å². The summed E-state index contributed by atoms with van der Waals surface area (Å²) in [5, 5.41) is 32.3. The molecule has 1 rings (SSSR count). The first-order valence-electron chi connectivity index (χ1n) is 10.3. The number of aliphatic hydroxyl groups excluding tert-OH is 1. The highest BCUT2D eigenvalue weighted by Gasteiger charge is 2.64. The molecule has 1 aliphatic heterocycles. The van der Waals surface area contributed by atoms with Gasteiger partial charge in [-0.15, -0.1) is 0 Å². The van der Waals surface area contributed by atoms with E-state index >= 15 is 4.39 Å². The predicted octanol–water partition coefficient (Wildman–Crippen LogP) is 4.24. The van der Waals surface area contributed by atoms with Crippen molar-refractivity contribution in [1.29, 1.82) is 0 Å². The van der Waals surface area contributed by atoms with Crippen LogP contribution in [-0.4, -0.2) is 45.1 Å². The molecule has 5 heteroatoms. The topological polar surface area (TPSA) is 69.9 Å². The quantitative estimate of drug-likeness (QED) is 0.429. The summed E-state index contributed by atoms with van der Waals surface area (Å²) in [7, 11) is 0. The molecule has 0 aliphatic carbocycles. The van der Waals surface area contributed by atoms with E-state index in [-0.39, 0.29) is 12.8 Å². The number of hydrogen-bond acceptors (Lipinski definition) is 4. The zero-order valence-electron chi connectivity index (χ0n) is 16.3. The summed E-state index contributed by atoms with van der Waals surface area (Å²) >= 11 is 0. The molecule has 1 saturated heterocycles. The van der Waals surface area contributed by atoms with Gasteiger partial charge in [0.15, 0.2) is 6.17 Å². The van der Waals surface area contributed by atoms with Crippen molar-refractivity contribution >= 4 is 0 Å². The Morgan fingerprint density at radius 2 is 1.40 bits per heavy atom. The minimum absolute atomic E-state index is 0.149. The molecule has 5 atom stereocenters. The van der Waals surface area contributed by atoms with Crippen LogP contribution in [0, 0.1) is 0 Å². The van der Waals surface area contributed by atoms with Crippen LogP contribution in [0.1, 0.15) is 97.8 Å². The van der Waals surface area contributed by atoms with E-state index in [0.29, 0.717) is 19.3 Å². The third kappa shape index (κ3) is 5.88. The molecule has 1 aliphatic rings. The summed E-state index contributed by atoms with van der Waals surface area (Å²) in [5.74, 6) is -1.99. The zero-order chi connectivity index (χ0) is 18.9. The first kappa shape index (κ1) is 22.8. The van der Waals surface area contributed by atoms with Gasteiger partial charge in [-0.3, -0.25) is 0 Å². The van der Waals surface area contributed by atoms with Gasteiger partial charge in [0.2, 0.25) is 5.79 Å². The predicted molar refractivity (Wildman–Crippen MR) is 98.1 cm³/mol. The first-order chi connectivity index (χ1) is 11.9. The Labute approximate surface area is 152 Å². The lowest BCUT2D eigenvalue weighted by Gasteiger charge is -2.32. The molecule has 1 heterocycles. The van der Waals surface area contributed by atoms with Crippen molar-refractivity contribution in [2.24, 2.45) is 0 Å². The Morgan fingerprint density at radius 3 is 1.96 bits per heavy atom. The molecular formula is C20H39FO4. The normalized spacial score (nSPS) is 33.7. The summed E-state index contributed by atoms with van der Waals surface area (Å²) in [5.41, 5.74) is -1.82. The van der Waals surface area contributed by atoms with Crippen molar-refractivity contribution in [2.75, 3.05) is 0 Å². The lowest BCUT2D eigenvalue weighted by atomic mass is 9.81. The van der Waals surface area contributed by atoms with Crippen molar-refractivity contribution < 1.29 is 24.4 Å². The van der Waals surface area contributed by atoms with E-state index < -0.39 is 29.8 Å². The minimum Gasteiger partial charge on any atom is -0.390 e. The SMILES string of the molecule is CCCCCC(O)[C@H]1O[C@@](O)(CCCCC)[C@H](F)[C@@]1(O)CCCCC. The van der Waals surface area contributed by atoms with Gasteiger partial charge in [0.25, 0.3) is 0 Å². The standard InChI is InChI=1S/C20H39FO4/c1-4-7-10-13-16(22)17-19(23,14-11-8-5-2)18(21)20(24,25-17)15-12-9-6-3/h16-18,22-24H,4-15H2,1-3H3/t16?,17-,18-,19-,20+/m1/s1. The van der Waals surface area contributed by atoms with Crippen LogP contribution >= 0.6 is 0 Å². The number of hydrogen-bond donors (Lipinski definition) is 3. The maximum Gasteiger partial charge on any atom is 0.200 e. The highest BCUT2D eigenvalue weighted by Crippen LogP contribution is 2.46. The van der Waals surface area contributed by atoms with E-state index in [1.807, 2.05) is 13.8 Å². The molecule has 0 aromatic heterocycles. The number of alkyl halides is 1. The lowest BCUT2D eigenvalue weighted by molar-refractivity contribution is -0.230. The average Bonchev–Trinajstić information content (AvgIpc) is 2.78. The van der Waals surface area contributed by atoms with E-state index in [1.54, 1.807) is 0 Å². The fraction of sp³-hybridized carbons (Fsp3) is 1.00. The third-order valence-corrected chi connectivity index (χ3v) is 5.43. The lowest BCUT2D eigenvalue weighted by Crippen LogP contribution is -2.52. The first-order valence-corrected chi connectivity index (χ1v) is 10.3. The largest absolute Gasteiger partial charge is 0.390 e. The van der Waals surface area contributed by atoms with Gasteiger partial charge in [-0.25, -0.2) is 4.39 Å². The van der Waals surface area contributed by atoms with Crippen LogP contribution in [0.2, 0.25) is 0 Å². The van der Waals surface area contributed by atoms with Crippen molar-refractivity contribution in [3.63, 3.8) is 0 Å². The maximum atomic E-state index is 15.1. The van der Waals surface area contributed by atoms with Crippen LogP contribution in [0.25, 0.3) is 0 Å². The molecule has 0 spiro atoms. The maximum absolute atomic E-state index is 15.1. The van der Waals surface area contributed by atoms with Gasteiger partial charge in [0.05, 0.1) is 6.10 Å². The second-order valence-corrected chi connectivity index (χ2v) is 7.71. The molecule has 1 unspecified atom stereocenters. The monoisotopic (exact) mass is 362 g/mol. The van der Waals surface area contributed by atoms with Crippen LogP contribution in [0.3, 0.4) is 0 Å². The van der Waals surface area contributed by atoms with Gasteiger partial charge in [-0.2, -0.15) is 0 Å². The van der Waals surface area contributed by atoms with E-state index in [1.165, 1.54) is 0 Å². The summed E-state index contributed by atoms with van der Waals surface area (Å²) in [4.78, 5) is 0. The van der Waals surface area contributed by atoms with Crippen LogP contribution in [0.5, 0.6) is 0 Å². The molecule has 1 fully saturated rings. The van der Waals surface area contributed by atoms with Gasteiger partial charge >= 0.3 is 0 Å². The Morgan fingerprint density at radius 1 is 0.880 bits per heavy atom. The van der Waals surface area contributed by atoms with Gasteiger partial charge < -0.3 is 20.1 Å². The van der Waals surface area contributed by atoms with Crippen molar-refractivity contribution in [3.05, 3.63) is 0 Å². The second kappa shape index (κ2) is 10.8. The molecule has 0 aromatic rings. The number of ether oxygens (including phenoxy) is 1. The fourth-order valence-electron chi connectivity index (χ4n) is 3.82. The second-order valence-electron chi connectivity index (χ2n) is 7.71. The Balaban J connectivity index is 2.87. The smallest absolute Gasteiger partial charge is 0.200 e. The molecule has 0 bridgehead atoms. The highest BCUT2D eigenvalue weighted by molar-refractivity contribution is 5.09. The number of aliphatic hydroxyl groups is 3. The Bertz CT molecular complexity index is 368. The van der Waals surface area contributed by atoms with E-state index in [4.69, 9.17) is 4.74 Å². The molecule has 0 radical (unpaired) electrons. The Hall–Kier alpha value is -0.230. The summed E-state index contributed by atoms with van der Waals surface area (Å²) in [6, 6.07) is 0. The highest BCUT2D eigenvalue weighted by atomic mass is 19.1. The van der Waals surface area contributed by atoms with Crippen LogP contribution in [0.15, 0.2) is 0 Å². The van der Waals surface area contributed by atoms with Gasteiger partial charge in [-0.05, 0) is 19.3 Å². The Kier molecular flexibility index (Phi) is 9.86. The van der Waals surface area contributed by atoms with Gasteiger partial charge in [0.1, 0.15) is 11.7 Å². The molecule has 0 aromatic carbocycles. The fourth-order valence-corrected chi connectivity index (χ4v) is 3.82. The minimum atomic E-state index is -1.99. The summed E-state index contributed by atoms with van der Waals surface area (Å²) < 4.78 is 20.8. The van der Waals surface area contributed by atoms with Crippen LogP contribution < -0.4 is 0 Å². The van der Waals surface area contributed by atoms with Crippen molar-refractivity contribution in [3.8, 4) is 0 Å². The number of rotatable bonds is 13. The summed E-state index contributed by atoms with van der Waals surface area (Å²) in [6.07, 6.45) is 4.62. The number of halogens is 1. The average molecular weight is 363 g/mol. The van der Waals surface area contributed by atoms with E-state index in [2.05, 4.69) is 6.92 Å². The van der Waals surface area contributed by atoms with Crippen molar-refractivity contribution in [2.45, 2.75) is 128 Å². The molecule has 4 nitrogen and oxygen atoms in total. The summed E-state index contributed by atoms with van der Waals surface area (Å²) in [6.45, 7) is 6.15.